The van der Waals surface area contributed by atoms with E-state index in [0.717, 1.165) is 0 Å². The first-order chi connectivity index (χ1) is 8.67. The summed E-state index contributed by atoms with van der Waals surface area (Å²) in [4.78, 5) is 22.1. The highest BCUT2D eigenvalue weighted by atomic mass is 19.4. The van der Waals surface area contributed by atoms with Crippen LogP contribution in [0.5, 0.6) is 0 Å². The normalized spacial score (nSPS) is 14.5. The van der Waals surface area contributed by atoms with Crippen LogP contribution >= 0.6 is 0 Å². The first-order valence-electron chi connectivity index (χ1n) is 5.11. The SMILES string of the molecule is NC(=O)NC(CC(F)(F)F)(C(=O)O)c1ccccc1. The fourth-order valence-corrected chi connectivity index (χ4v) is 1.70. The lowest BCUT2D eigenvalue weighted by molar-refractivity contribution is -0.170. The average Bonchev–Trinajstić information content (AvgIpc) is 2.26. The Morgan fingerprint density at radius 1 is 1.21 bits per heavy atom. The maximum atomic E-state index is 12.6. The second-order valence-corrected chi connectivity index (χ2v) is 3.86. The fraction of sp³-hybridized carbons (Fsp3) is 0.273. The van der Waals surface area contributed by atoms with Crippen LogP contribution in [0.15, 0.2) is 30.3 Å². The lowest BCUT2D eigenvalue weighted by Crippen LogP contribution is -2.55. The first-order valence-corrected chi connectivity index (χ1v) is 5.11. The number of carbonyl (C=O) groups is 2. The standard InChI is InChI=1S/C11H11F3N2O3/c12-11(13,14)6-10(8(17)18,16-9(15)19)7-4-2-1-3-5-7/h1-5H,6H2,(H,17,18)(H3,15,16,19). The maximum absolute atomic E-state index is 12.6. The summed E-state index contributed by atoms with van der Waals surface area (Å²) in [5.74, 6) is -1.84. The van der Waals surface area contributed by atoms with E-state index in [9.17, 15) is 22.8 Å². The molecule has 0 aliphatic carbocycles. The van der Waals surface area contributed by atoms with Crippen LogP contribution in [-0.4, -0.2) is 23.3 Å². The largest absolute Gasteiger partial charge is 0.479 e. The number of hydrogen-bond acceptors (Lipinski definition) is 2. The van der Waals surface area contributed by atoms with Crippen molar-refractivity contribution in [1.82, 2.24) is 5.32 Å². The molecular formula is C11H11F3N2O3. The van der Waals surface area contributed by atoms with E-state index in [1.165, 1.54) is 30.3 Å². The van der Waals surface area contributed by atoms with Crippen LogP contribution in [0.4, 0.5) is 18.0 Å². The van der Waals surface area contributed by atoms with E-state index in [-0.39, 0.29) is 5.56 Å². The number of nitrogens with one attached hydrogen (secondary N) is 1. The van der Waals surface area contributed by atoms with Crippen LogP contribution in [0.3, 0.4) is 0 Å². The summed E-state index contributed by atoms with van der Waals surface area (Å²) in [5, 5.41) is 10.8. The van der Waals surface area contributed by atoms with E-state index < -0.39 is 30.1 Å². The molecule has 1 atom stereocenters. The Morgan fingerprint density at radius 2 is 1.74 bits per heavy atom. The summed E-state index contributed by atoms with van der Waals surface area (Å²) in [6.07, 6.45) is -6.56. The van der Waals surface area contributed by atoms with Crippen LogP contribution in [0.1, 0.15) is 12.0 Å². The van der Waals surface area contributed by atoms with Crippen LogP contribution in [-0.2, 0) is 10.3 Å². The predicted molar refractivity (Wildman–Crippen MR) is 59.1 cm³/mol. The number of benzene rings is 1. The monoisotopic (exact) mass is 276 g/mol. The zero-order valence-corrected chi connectivity index (χ0v) is 9.57. The smallest absolute Gasteiger partial charge is 0.392 e. The van der Waals surface area contributed by atoms with Gasteiger partial charge < -0.3 is 16.2 Å². The van der Waals surface area contributed by atoms with Gasteiger partial charge >= 0.3 is 18.2 Å². The van der Waals surface area contributed by atoms with Gasteiger partial charge in [-0.2, -0.15) is 13.2 Å². The molecule has 4 N–H and O–H groups in total. The number of nitrogens with two attached hydrogens (primary N) is 1. The summed E-state index contributed by atoms with van der Waals surface area (Å²) in [6.45, 7) is 0. The van der Waals surface area contributed by atoms with Gasteiger partial charge in [-0.15, -0.1) is 0 Å². The Hall–Kier alpha value is -2.25. The summed E-state index contributed by atoms with van der Waals surface area (Å²) < 4.78 is 37.8. The predicted octanol–water partition coefficient (Wildman–Crippen LogP) is 1.59. The number of carboxylic acids is 1. The summed E-state index contributed by atoms with van der Waals surface area (Å²) in [7, 11) is 0. The second kappa shape index (κ2) is 5.17. The van der Waals surface area contributed by atoms with Gasteiger partial charge in [-0.1, -0.05) is 30.3 Å². The number of hydrogen-bond donors (Lipinski definition) is 3. The number of primary amides is 1. The van der Waals surface area contributed by atoms with Crippen molar-refractivity contribution in [3.8, 4) is 0 Å². The molecule has 19 heavy (non-hydrogen) atoms. The van der Waals surface area contributed by atoms with Gasteiger partial charge in [0.05, 0.1) is 6.42 Å². The molecule has 0 bridgehead atoms. The van der Waals surface area contributed by atoms with Crippen molar-refractivity contribution in [2.45, 2.75) is 18.1 Å². The van der Waals surface area contributed by atoms with E-state index in [0.29, 0.717) is 0 Å². The van der Waals surface area contributed by atoms with Gasteiger partial charge in [-0.3, -0.25) is 0 Å². The van der Waals surface area contributed by atoms with Gasteiger partial charge in [0.25, 0.3) is 0 Å². The van der Waals surface area contributed by atoms with Crippen molar-refractivity contribution in [1.29, 1.82) is 0 Å². The Morgan fingerprint density at radius 3 is 2.11 bits per heavy atom. The van der Waals surface area contributed by atoms with Crippen LogP contribution in [0.2, 0.25) is 0 Å². The molecule has 0 aliphatic rings. The van der Waals surface area contributed by atoms with E-state index in [1.54, 1.807) is 5.32 Å². The molecule has 0 saturated heterocycles. The molecule has 2 amide bonds. The number of amides is 2. The van der Waals surface area contributed by atoms with E-state index in [4.69, 9.17) is 10.8 Å². The number of carboxylic acid groups (broad SMARTS) is 1. The third kappa shape index (κ3) is 3.60. The molecule has 0 aliphatic heterocycles. The van der Waals surface area contributed by atoms with E-state index in [1.807, 2.05) is 0 Å². The minimum absolute atomic E-state index is 0.210. The summed E-state index contributed by atoms with van der Waals surface area (Å²) in [6, 6.07) is 5.24. The number of halogens is 3. The molecule has 1 aromatic rings. The fourth-order valence-electron chi connectivity index (χ4n) is 1.70. The van der Waals surface area contributed by atoms with Crippen molar-refractivity contribution in [3.63, 3.8) is 0 Å². The van der Waals surface area contributed by atoms with Gasteiger partial charge in [-0.05, 0) is 5.56 Å². The molecule has 0 heterocycles. The quantitative estimate of drug-likeness (QED) is 0.779. The number of carbonyl (C=O) groups excluding carboxylic acids is 1. The zero-order chi connectivity index (χ0) is 14.7. The molecule has 0 aromatic heterocycles. The molecule has 1 aromatic carbocycles. The molecule has 0 radical (unpaired) electrons. The number of alkyl halides is 3. The molecular weight excluding hydrogens is 265 g/mol. The highest BCUT2D eigenvalue weighted by Crippen LogP contribution is 2.35. The molecule has 5 nitrogen and oxygen atoms in total. The minimum Gasteiger partial charge on any atom is -0.479 e. The minimum atomic E-state index is -4.79. The highest BCUT2D eigenvalue weighted by Gasteiger charge is 2.50. The van der Waals surface area contributed by atoms with E-state index >= 15 is 0 Å². The molecule has 104 valence electrons. The number of urea groups is 1. The first kappa shape index (κ1) is 14.8. The molecule has 0 spiro atoms. The average molecular weight is 276 g/mol. The zero-order valence-electron chi connectivity index (χ0n) is 9.57. The maximum Gasteiger partial charge on any atom is 0.392 e. The topological polar surface area (TPSA) is 92.4 Å². The Balaban J connectivity index is 3.35. The molecule has 0 fully saturated rings. The summed E-state index contributed by atoms with van der Waals surface area (Å²) in [5.41, 5.74) is 1.95. The third-order valence-electron chi connectivity index (χ3n) is 2.43. The molecule has 1 unspecified atom stereocenters. The van der Waals surface area contributed by atoms with Crippen molar-refractivity contribution in [3.05, 3.63) is 35.9 Å². The Labute approximate surface area is 106 Å². The molecule has 0 saturated carbocycles. The van der Waals surface area contributed by atoms with E-state index in [2.05, 4.69) is 0 Å². The second-order valence-electron chi connectivity index (χ2n) is 3.86. The van der Waals surface area contributed by atoms with Crippen molar-refractivity contribution in [2.24, 2.45) is 5.73 Å². The van der Waals surface area contributed by atoms with Crippen molar-refractivity contribution >= 4 is 12.0 Å². The van der Waals surface area contributed by atoms with Gasteiger partial charge in [0, 0.05) is 0 Å². The van der Waals surface area contributed by atoms with Crippen LogP contribution in [0.25, 0.3) is 0 Å². The summed E-state index contributed by atoms with van der Waals surface area (Å²) >= 11 is 0. The lowest BCUT2D eigenvalue weighted by atomic mass is 9.86. The van der Waals surface area contributed by atoms with Gasteiger partial charge in [0.2, 0.25) is 0 Å². The third-order valence-corrected chi connectivity index (χ3v) is 2.43. The number of aliphatic carboxylic acids is 1. The van der Waals surface area contributed by atoms with Gasteiger partial charge in [-0.25, -0.2) is 9.59 Å². The van der Waals surface area contributed by atoms with Crippen molar-refractivity contribution in [2.75, 3.05) is 0 Å². The highest BCUT2D eigenvalue weighted by molar-refractivity contribution is 5.87. The number of rotatable bonds is 4. The van der Waals surface area contributed by atoms with Crippen LogP contribution in [0, 0.1) is 0 Å². The lowest BCUT2D eigenvalue weighted by Gasteiger charge is -2.31. The Bertz CT molecular complexity index is 476. The Kier molecular flexibility index (Phi) is 4.03. The van der Waals surface area contributed by atoms with Crippen LogP contribution < -0.4 is 11.1 Å². The molecule has 1 rings (SSSR count). The van der Waals surface area contributed by atoms with Gasteiger partial charge in [0.15, 0.2) is 5.54 Å². The van der Waals surface area contributed by atoms with Crippen molar-refractivity contribution < 1.29 is 27.9 Å². The molecule has 8 heteroatoms. The van der Waals surface area contributed by atoms with Gasteiger partial charge in [0.1, 0.15) is 0 Å².